The predicted octanol–water partition coefficient (Wildman–Crippen LogP) is 0.930. The first-order chi connectivity index (χ1) is 11.5. The van der Waals surface area contributed by atoms with Crippen molar-refractivity contribution in [2.45, 2.75) is 0 Å². The maximum Gasteiger partial charge on any atom is 0.267 e. The number of pyridine rings is 1. The number of carbonyl (C=O) groups excluding carboxylic acids is 1. The van der Waals surface area contributed by atoms with Crippen LogP contribution in [0.4, 0.5) is 5.82 Å². The first-order valence-corrected chi connectivity index (χ1v) is 8.33. The van der Waals surface area contributed by atoms with E-state index in [0.29, 0.717) is 20.7 Å². The molecule has 0 unspecified atom stereocenters. The van der Waals surface area contributed by atoms with Crippen LogP contribution in [0, 0.1) is 0 Å². The Labute approximate surface area is 147 Å². The number of nitrogens with one attached hydrogen (secondary N) is 1. The molecule has 0 aromatic carbocycles. The molecule has 24 heavy (non-hydrogen) atoms. The second-order valence-corrected chi connectivity index (χ2v) is 6.67. The van der Waals surface area contributed by atoms with Crippen molar-refractivity contribution in [1.82, 2.24) is 14.3 Å². The summed E-state index contributed by atoms with van der Waals surface area (Å²) >= 11 is 6.24. The van der Waals surface area contributed by atoms with Crippen LogP contribution in [-0.2, 0) is 4.79 Å². The van der Waals surface area contributed by atoms with Gasteiger partial charge in [0.2, 0.25) is 0 Å². The zero-order chi connectivity index (χ0) is 17.3. The lowest BCUT2D eigenvalue weighted by molar-refractivity contribution is -0.121. The van der Waals surface area contributed by atoms with Crippen LogP contribution >= 0.6 is 24.0 Å². The van der Waals surface area contributed by atoms with Gasteiger partial charge < -0.3 is 10.4 Å². The van der Waals surface area contributed by atoms with Crippen LogP contribution in [0.1, 0.15) is 5.56 Å². The highest BCUT2D eigenvalue weighted by molar-refractivity contribution is 8.26. The smallest absolute Gasteiger partial charge is 0.267 e. The van der Waals surface area contributed by atoms with Crippen LogP contribution in [0.15, 0.2) is 34.1 Å². The van der Waals surface area contributed by atoms with E-state index in [9.17, 15) is 9.59 Å². The highest BCUT2D eigenvalue weighted by Gasteiger charge is 2.29. The van der Waals surface area contributed by atoms with Crippen LogP contribution in [0.25, 0.3) is 11.7 Å². The Morgan fingerprint density at radius 2 is 2.21 bits per heavy atom. The Morgan fingerprint density at radius 1 is 1.42 bits per heavy atom. The highest BCUT2D eigenvalue weighted by atomic mass is 32.2. The molecule has 1 aliphatic rings. The third kappa shape index (κ3) is 2.93. The summed E-state index contributed by atoms with van der Waals surface area (Å²) in [5, 5.41) is 11.9. The van der Waals surface area contributed by atoms with Crippen LogP contribution < -0.4 is 10.9 Å². The Morgan fingerprint density at radius 3 is 2.88 bits per heavy atom. The van der Waals surface area contributed by atoms with E-state index in [0.717, 1.165) is 11.8 Å². The first kappa shape index (κ1) is 16.6. The molecule has 9 heteroatoms. The second-order valence-electron chi connectivity index (χ2n) is 5.00. The molecule has 1 aliphatic heterocycles. The molecule has 0 spiro atoms. The van der Waals surface area contributed by atoms with Gasteiger partial charge in [0.1, 0.15) is 15.8 Å². The standard InChI is InChI=1S/C15H14N4O3S2/c1-18-14(22)10(24-15(18)23)8-9-12(16-5-7-20)17-11-4-2-3-6-19(11)13(9)21/h2-4,6,8,16,20H,5,7H2,1H3/b10-8-. The van der Waals surface area contributed by atoms with E-state index in [-0.39, 0.29) is 30.2 Å². The summed E-state index contributed by atoms with van der Waals surface area (Å²) in [4.78, 5) is 31.1. The normalized spacial score (nSPS) is 16.4. The Balaban J connectivity index is 2.18. The highest BCUT2D eigenvalue weighted by Crippen LogP contribution is 2.31. The number of anilines is 1. The van der Waals surface area contributed by atoms with Gasteiger partial charge in [-0.05, 0) is 18.2 Å². The monoisotopic (exact) mass is 362 g/mol. The van der Waals surface area contributed by atoms with E-state index in [2.05, 4.69) is 10.3 Å². The van der Waals surface area contributed by atoms with Gasteiger partial charge in [0.25, 0.3) is 11.5 Å². The largest absolute Gasteiger partial charge is 0.395 e. The molecule has 0 aliphatic carbocycles. The van der Waals surface area contributed by atoms with Crippen molar-refractivity contribution < 1.29 is 9.90 Å². The van der Waals surface area contributed by atoms with Crippen LogP contribution in [0.3, 0.4) is 0 Å². The summed E-state index contributed by atoms with van der Waals surface area (Å²) in [6.07, 6.45) is 3.11. The topological polar surface area (TPSA) is 86.9 Å². The summed E-state index contributed by atoms with van der Waals surface area (Å²) in [6.45, 7) is 0.136. The zero-order valence-corrected chi connectivity index (χ0v) is 14.4. The number of amides is 1. The molecule has 2 aromatic heterocycles. The van der Waals surface area contributed by atoms with Crippen molar-refractivity contribution in [2.24, 2.45) is 0 Å². The zero-order valence-electron chi connectivity index (χ0n) is 12.7. The molecule has 7 nitrogen and oxygen atoms in total. The number of likely N-dealkylation sites (N-methyl/N-ethyl adjacent to an activating group) is 1. The number of aromatic nitrogens is 2. The molecular weight excluding hydrogens is 348 g/mol. The minimum absolute atomic E-state index is 0.105. The number of fused-ring (bicyclic) bond motifs is 1. The van der Waals surface area contributed by atoms with Gasteiger partial charge in [0.15, 0.2) is 0 Å². The number of thiocarbonyl (C=S) groups is 1. The number of aliphatic hydroxyl groups is 1. The summed E-state index contributed by atoms with van der Waals surface area (Å²) in [6, 6.07) is 5.21. The number of hydrogen-bond acceptors (Lipinski definition) is 7. The van der Waals surface area contributed by atoms with E-state index < -0.39 is 0 Å². The number of carbonyl (C=O) groups is 1. The maximum atomic E-state index is 12.8. The second kappa shape index (κ2) is 6.71. The Kier molecular flexibility index (Phi) is 4.65. The van der Waals surface area contributed by atoms with Crippen molar-refractivity contribution in [3.05, 3.63) is 45.2 Å². The quantitative estimate of drug-likeness (QED) is 0.618. The van der Waals surface area contributed by atoms with Crippen molar-refractivity contribution in [3.63, 3.8) is 0 Å². The molecular formula is C15H14N4O3S2. The summed E-state index contributed by atoms with van der Waals surface area (Å²) < 4.78 is 1.84. The van der Waals surface area contributed by atoms with Gasteiger partial charge in [-0.2, -0.15) is 0 Å². The number of thioether (sulfide) groups is 1. The van der Waals surface area contributed by atoms with Crippen LogP contribution in [-0.4, -0.2) is 49.8 Å². The fourth-order valence-corrected chi connectivity index (χ4v) is 3.38. The molecule has 0 saturated carbocycles. The predicted molar refractivity (Wildman–Crippen MR) is 98.0 cm³/mol. The average molecular weight is 362 g/mol. The van der Waals surface area contributed by atoms with E-state index in [1.54, 1.807) is 31.4 Å². The van der Waals surface area contributed by atoms with Gasteiger partial charge in [-0.25, -0.2) is 4.98 Å². The minimum Gasteiger partial charge on any atom is -0.395 e. The summed E-state index contributed by atoms with van der Waals surface area (Å²) in [5.41, 5.74) is 0.423. The molecule has 0 bridgehead atoms. The van der Waals surface area contributed by atoms with Gasteiger partial charge in [-0.3, -0.25) is 18.9 Å². The molecule has 3 heterocycles. The van der Waals surface area contributed by atoms with Crippen molar-refractivity contribution in [3.8, 4) is 0 Å². The van der Waals surface area contributed by atoms with Crippen molar-refractivity contribution >= 4 is 51.7 Å². The molecule has 2 N–H and O–H groups in total. The lowest BCUT2D eigenvalue weighted by Crippen LogP contribution is -2.23. The summed E-state index contributed by atoms with van der Waals surface area (Å²) in [5.74, 6) is 0.0669. The van der Waals surface area contributed by atoms with E-state index >= 15 is 0 Å². The maximum absolute atomic E-state index is 12.8. The Bertz CT molecular complexity index is 923. The molecule has 1 saturated heterocycles. The lowest BCUT2D eigenvalue weighted by Gasteiger charge is -2.10. The molecule has 3 rings (SSSR count). The molecule has 124 valence electrons. The van der Waals surface area contributed by atoms with Gasteiger partial charge >= 0.3 is 0 Å². The molecule has 1 fully saturated rings. The van der Waals surface area contributed by atoms with E-state index in [1.165, 1.54) is 15.4 Å². The number of nitrogens with zero attached hydrogens (tertiary/aromatic N) is 3. The van der Waals surface area contributed by atoms with Gasteiger partial charge in [0.05, 0.1) is 17.1 Å². The number of aliphatic hydroxyl groups excluding tert-OH is 1. The van der Waals surface area contributed by atoms with E-state index in [1.807, 2.05) is 0 Å². The average Bonchev–Trinajstić information content (AvgIpc) is 2.83. The van der Waals surface area contributed by atoms with Crippen molar-refractivity contribution in [2.75, 3.05) is 25.5 Å². The fourth-order valence-electron chi connectivity index (χ4n) is 2.22. The minimum atomic E-state index is -0.303. The lowest BCUT2D eigenvalue weighted by atomic mass is 10.2. The molecule has 2 aromatic rings. The number of hydrogen-bond donors (Lipinski definition) is 2. The SMILES string of the molecule is CN1C(=O)/C(=C/c2c(NCCO)nc3ccccn3c2=O)SC1=S. The molecule has 0 radical (unpaired) electrons. The Hall–Kier alpha value is -2.23. The van der Waals surface area contributed by atoms with Gasteiger partial charge in [0, 0.05) is 19.8 Å². The van der Waals surface area contributed by atoms with Crippen molar-refractivity contribution in [1.29, 1.82) is 0 Å². The van der Waals surface area contributed by atoms with Gasteiger partial charge in [-0.15, -0.1) is 0 Å². The van der Waals surface area contributed by atoms with Crippen LogP contribution in [0.5, 0.6) is 0 Å². The summed E-state index contributed by atoms with van der Waals surface area (Å²) in [7, 11) is 1.59. The van der Waals surface area contributed by atoms with E-state index in [4.69, 9.17) is 17.3 Å². The third-order valence-corrected chi connectivity index (χ3v) is 4.92. The third-order valence-electron chi connectivity index (χ3n) is 3.44. The van der Waals surface area contributed by atoms with Crippen LogP contribution in [0.2, 0.25) is 0 Å². The van der Waals surface area contributed by atoms with Gasteiger partial charge in [-0.1, -0.05) is 30.0 Å². The molecule has 1 amide bonds. The number of rotatable bonds is 4. The molecule has 0 atom stereocenters. The fraction of sp³-hybridized carbons (Fsp3) is 0.200. The first-order valence-electron chi connectivity index (χ1n) is 7.10.